The molecule has 1 aromatic rings. The summed E-state index contributed by atoms with van der Waals surface area (Å²) in [7, 11) is 0. The molecule has 1 amide bonds. The molecule has 0 atom stereocenters. The van der Waals surface area contributed by atoms with Gasteiger partial charge < -0.3 is 15.4 Å². The van der Waals surface area contributed by atoms with E-state index in [9.17, 15) is 4.79 Å². The average molecular weight is 304 g/mol. The van der Waals surface area contributed by atoms with Crippen LogP contribution < -0.4 is 10.6 Å². The first kappa shape index (κ1) is 12.9. The van der Waals surface area contributed by atoms with Crippen molar-refractivity contribution >= 4 is 45.2 Å². The number of hydrogen-bond acceptors (Lipinski definition) is 4. The van der Waals surface area contributed by atoms with Gasteiger partial charge in [0.1, 0.15) is 5.82 Å². The summed E-state index contributed by atoms with van der Waals surface area (Å²) in [5.41, 5.74) is 0. The third-order valence-electron chi connectivity index (χ3n) is 1.46. The van der Waals surface area contributed by atoms with E-state index in [0.717, 1.165) is 4.47 Å². The zero-order valence-electron chi connectivity index (χ0n) is 8.49. The Labute approximate surface area is 107 Å². The van der Waals surface area contributed by atoms with Crippen molar-refractivity contribution in [3.05, 3.63) is 22.8 Å². The van der Waals surface area contributed by atoms with Crippen LogP contribution >= 0.6 is 28.1 Å². The molecular weight excluding hydrogens is 294 g/mol. The van der Waals surface area contributed by atoms with Gasteiger partial charge in [0.2, 0.25) is 0 Å². The first-order valence-electron chi connectivity index (χ1n) is 4.50. The van der Waals surface area contributed by atoms with Gasteiger partial charge in [0.25, 0.3) is 5.17 Å². The van der Waals surface area contributed by atoms with Crippen LogP contribution in [0.1, 0.15) is 6.92 Å². The molecule has 0 radical (unpaired) electrons. The maximum absolute atomic E-state index is 11.0. The van der Waals surface area contributed by atoms with Crippen molar-refractivity contribution in [3.8, 4) is 0 Å². The van der Waals surface area contributed by atoms with Crippen LogP contribution in [0.15, 0.2) is 22.8 Å². The van der Waals surface area contributed by atoms with Crippen LogP contribution in [0.4, 0.5) is 10.6 Å². The molecule has 0 aliphatic heterocycles. The number of nitrogens with one attached hydrogen (secondary N) is 2. The maximum atomic E-state index is 11.0. The lowest BCUT2D eigenvalue weighted by molar-refractivity contribution is 0.199. The van der Waals surface area contributed by atoms with Crippen LogP contribution in [0.2, 0.25) is 0 Å². The van der Waals surface area contributed by atoms with Gasteiger partial charge in [-0.15, -0.1) is 0 Å². The summed E-state index contributed by atoms with van der Waals surface area (Å²) in [6, 6.07) is 3.50. The SMILES string of the molecule is CCNC(=O)OC(=S)Nc1ccc(Br)cn1. The van der Waals surface area contributed by atoms with E-state index in [4.69, 9.17) is 17.0 Å². The summed E-state index contributed by atoms with van der Waals surface area (Å²) in [6.07, 6.45) is 1.02. The van der Waals surface area contributed by atoms with Crippen LogP contribution in [-0.2, 0) is 4.74 Å². The van der Waals surface area contributed by atoms with E-state index < -0.39 is 6.09 Å². The normalized spacial score (nSPS) is 9.38. The highest BCUT2D eigenvalue weighted by Gasteiger charge is 2.05. The molecule has 1 rings (SSSR count). The zero-order chi connectivity index (χ0) is 12.0. The Kier molecular flexibility index (Phi) is 5.13. The highest BCUT2D eigenvalue weighted by atomic mass is 79.9. The molecule has 1 aromatic heterocycles. The Morgan fingerprint density at radius 3 is 2.94 bits per heavy atom. The second-order valence-electron chi connectivity index (χ2n) is 2.69. The van der Waals surface area contributed by atoms with Crippen molar-refractivity contribution < 1.29 is 9.53 Å². The smallest absolute Gasteiger partial charge is 0.382 e. The number of pyridine rings is 1. The second-order valence-corrected chi connectivity index (χ2v) is 3.98. The molecule has 0 unspecified atom stereocenters. The minimum absolute atomic E-state index is 0.0410. The van der Waals surface area contributed by atoms with Crippen molar-refractivity contribution in [3.63, 3.8) is 0 Å². The highest BCUT2D eigenvalue weighted by Crippen LogP contribution is 2.10. The van der Waals surface area contributed by atoms with Gasteiger partial charge in [-0.25, -0.2) is 9.78 Å². The standard InChI is InChI=1S/C9H10BrN3O2S/c1-2-11-8(14)15-9(16)13-7-4-3-6(10)5-12-7/h3-5H,2H2,1H3,(H,11,14)(H,12,13,16). The van der Waals surface area contributed by atoms with Crippen molar-refractivity contribution in [2.75, 3.05) is 11.9 Å². The monoisotopic (exact) mass is 303 g/mol. The maximum Gasteiger partial charge on any atom is 0.414 e. The molecule has 0 aliphatic rings. The molecule has 0 spiro atoms. The van der Waals surface area contributed by atoms with E-state index >= 15 is 0 Å². The van der Waals surface area contributed by atoms with Gasteiger partial charge in [-0.1, -0.05) is 0 Å². The average Bonchev–Trinajstić information content (AvgIpc) is 2.21. The van der Waals surface area contributed by atoms with Crippen molar-refractivity contribution in [2.45, 2.75) is 6.92 Å². The van der Waals surface area contributed by atoms with Crippen molar-refractivity contribution in [1.29, 1.82) is 0 Å². The number of aromatic nitrogens is 1. The predicted molar refractivity (Wildman–Crippen MR) is 68.3 cm³/mol. The Hall–Kier alpha value is -1.21. The number of amides is 1. The van der Waals surface area contributed by atoms with Crippen LogP contribution in [0, 0.1) is 0 Å². The third kappa shape index (κ3) is 4.54. The lowest BCUT2D eigenvalue weighted by Gasteiger charge is -2.07. The first-order chi connectivity index (χ1) is 7.61. The van der Waals surface area contributed by atoms with E-state index in [0.29, 0.717) is 12.4 Å². The number of carbonyl (C=O) groups is 1. The molecule has 0 fully saturated rings. The van der Waals surface area contributed by atoms with Gasteiger partial charge in [-0.2, -0.15) is 0 Å². The summed E-state index contributed by atoms with van der Waals surface area (Å²) in [5.74, 6) is 0.512. The van der Waals surface area contributed by atoms with E-state index in [1.54, 1.807) is 25.3 Å². The van der Waals surface area contributed by atoms with Gasteiger partial charge in [0.15, 0.2) is 0 Å². The van der Waals surface area contributed by atoms with E-state index in [-0.39, 0.29) is 5.17 Å². The molecule has 7 heteroatoms. The molecule has 0 saturated carbocycles. The van der Waals surface area contributed by atoms with E-state index in [2.05, 4.69) is 31.5 Å². The molecule has 0 saturated heterocycles. The molecule has 2 N–H and O–H groups in total. The fourth-order valence-corrected chi connectivity index (χ4v) is 1.26. The Bertz CT molecular complexity index is 383. The quantitative estimate of drug-likeness (QED) is 0.821. The number of thiocarbonyl (C=S) groups is 1. The van der Waals surface area contributed by atoms with E-state index in [1.807, 2.05) is 0 Å². The van der Waals surface area contributed by atoms with Crippen molar-refractivity contribution in [1.82, 2.24) is 10.3 Å². The van der Waals surface area contributed by atoms with E-state index in [1.165, 1.54) is 0 Å². The highest BCUT2D eigenvalue weighted by molar-refractivity contribution is 9.10. The van der Waals surface area contributed by atoms with Gasteiger partial charge in [-0.3, -0.25) is 0 Å². The number of nitrogens with zero attached hydrogens (tertiary/aromatic N) is 1. The largest absolute Gasteiger partial charge is 0.414 e. The van der Waals surface area contributed by atoms with Crippen molar-refractivity contribution in [2.24, 2.45) is 0 Å². The van der Waals surface area contributed by atoms with Gasteiger partial charge in [-0.05, 0) is 47.2 Å². The van der Waals surface area contributed by atoms with Gasteiger partial charge >= 0.3 is 6.09 Å². The zero-order valence-corrected chi connectivity index (χ0v) is 10.9. The minimum Gasteiger partial charge on any atom is -0.382 e. The molecular formula is C9H10BrN3O2S. The summed E-state index contributed by atoms with van der Waals surface area (Å²) in [6.45, 7) is 2.27. The molecule has 16 heavy (non-hydrogen) atoms. The third-order valence-corrected chi connectivity index (χ3v) is 2.12. The number of rotatable bonds is 2. The van der Waals surface area contributed by atoms with Crippen LogP contribution in [0.5, 0.6) is 0 Å². The molecule has 86 valence electrons. The number of ether oxygens (including phenoxy) is 1. The molecule has 5 nitrogen and oxygen atoms in total. The lowest BCUT2D eigenvalue weighted by atomic mass is 10.5. The molecule has 0 aliphatic carbocycles. The Morgan fingerprint density at radius 1 is 1.62 bits per heavy atom. The Balaban J connectivity index is 2.45. The lowest BCUT2D eigenvalue weighted by Crippen LogP contribution is -2.28. The number of halogens is 1. The fourth-order valence-electron chi connectivity index (χ4n) is 0.844. The Morgan fingerprint density at radius 2 is 2.38 bits per heavy atom. The number of hydrogen-bond donors (Lipinski definition) is 2. The predicted octanol–water partition coefficient (Wildman–Crippen LogP) is 2.29. The van der Waals surface area contributed by atoms with Crippen LogP contribution in [0.25, 0.3) is 0 Å². The number of carbonyl (C=O) groups excluding carboxylic acids is 1. The summed E-state index contributed by atoms with van der Waals surface area (Å²) in [5, 5.41) is 5.09. The minimum atomic E-state index is -0.586. The summed E-state index contributed by atoms with van der Waals surface area (Å²) >= 11 is 8.07. The van der Waals surface area contributed by atoms with Crippen LogP contribution in [-0.4, -0.2) is 22.8 Å². The van der Waals surface area contributed by atoms with Gasteiger partial charge in [0, 0.05) is 17.2 Å². The second kappa shape index (κ2) is 6.39. The fraction of sp³-hybridized carbons (Fsp3) is 0.222. The summed E-state index contributed by atoms with van der Waals surface area (Å²) in [4.78, 5) is 15.0. The molecule has 0 aromatic carbocycles. The molecule has 0 bridgehead atoms. The molecule has 1 heterocycles. The number of alkyl carbamates (subject to hydrolysis) is 1. The number of anilines is 1. The van der Waals surface area contributed by atoms with Crippen LogP contribution in [0.3, 0.4) is 0 Å². The van der Waals surface area contributed by atoms with Gasteiger partial charge in [0.05, 0.1) is 0 Å². The topological polar surface area (TPSA) is 63.2 Å². The first-order valence-corrected chi connectivity index (χ1v) is 5.70. The summed E-state index contributed by atoms with van der Waals surface area (Å²) < 4.78 is 5.60.